The summed E-state index contributed by atoms with van der Waals surface area (Å²) in [5.41, 5.74) is -0.0440. The monoisotopic (exact) mass is 298 g/mol. The topological polar surface area (TPSA) is 100 Å². The van der Waals surface area contributed by atoms with Crippen LogP contribution in [-0.4, -0.2) is 30.7 Å². The van der Waals surface area contributed by atoms with Crippen LogP contribution in [0.2, 0.25) is 10.0 Å². The van der Waals surface area contributed by atoms with Gasteiger partial charge in [0, 0.05) is 5.02 Å². The molecule has 0 atom stereocenters. The van der Waals surface area contributed by atoms with Crippen LogP contribution in [0.3, 0.4) is 0 Å². The maximum Gasteiger partial charge on any atom is 0.375 e. The van der Waals surface area contributed by atoms with Gasteiger partial charge in [0.05, 0.1) is 10.5 Å². The van der Waals surface area contributed by atoms with Crippen molar-refractivity contribution < 1.29 is 9.90 Å². The quantitative estimate of drug-likeness (QED) is 0.710. The highest BCUT2D eigenvalue weighted by molar-refractivity contribution is 6.38. The fourth-order valence-corrected chi connectivity index (χ4v) is 2.33. The first-order chi connectivity index (χ1) is 8.97. The number of fused-ring (bicyclic) bond motifs is 3. The maximum absolute atomic E-state index is 11.8. The van der Waals surface area contributed by atoms with Gasteiger partial charge >= 0.3 is 5.97 Å². The minimum atomic E-state index is -1.33. The van der Waals surface area contributed by atoms with Crippen LogP contribution in [0, 0.1) is 0 Å². The molecule has 7 nitrogen and oxygen atoms in total. The summed E-state index contributed by atoms with van der Waals surface area (Å²) in [5.74, 6) is -1.81. The van der Waals surface area contributed by atoms with Crippen LogP contribution >= 0.6 is 23.2 Å². The van der Waals surface area contributed by atoms with Gasteiger partial charge in [-0.2, -0.15) is 4.98 Å². The molecule has 1 aromatic carbocycles. The highest BCUT2D eigenvalue weighted by Gasteiger charge is 2.17. The Hall–Kier alpha value is -2.12. The second-order valence-electron chi connectivity index (χ2n) is 3.71. The molecule has 96 valence electrons. The molecule has 0 saturated heterocycles. The number of benzene rings is 1. The van der Waals surface area contributed by atoms with E-state index in [1.807, 2.05) is 0 Å². The fraction of sp³-hybridized carbons (Fsp3) is 0. The lowest BCUT2D eigenvalue weighted by atomic mass is 10.3. The molecule has 3 aromatic rings. The van der Waals surface area contributed by atoms with Gasteiger partial charge in [-0.05, 0) is 12.1 Å². The zero-order valence-electron chi connectivity index (χ0n) is 9.02. The number of nitrogens with one attached hydrogen (secondary N) is 1. The molecule has 2 heterocycles. The van der Waals surface area contributed by atoms with E-state index < -0.39 is 17.4 Å². The van der Waals surface area contributed by atoms with Crippen LogP contribution in [0.4, 0.5) is 0 Å². The van der Waals surface area contributed by atoms with Crippen LogP contribution in [0.15, 0.2) is 16.9 Å². The number of hydrogen-bond donors (Lipinski definition) is 2. The van der Waals surface area contributed by atoms with Crippen molar-refractivity contribution in [2.24, 2.45) is 0 Å². The van der Waals surface area contributed by atoms with Crippen molar-refractivity contribution in [3.63, 3.8) is 0 Å². The molecule has 0 radical (unpaired) electrons. The number of aromatic nitrogens is 4. The summed E-state index contributed by atoms with van der Waals surface area (Å²) in [6.45, 7) is 0. The third kappa shape index (κ3) is 1.74. The molecule has 0 fully saturated rings. The molecule has 0 aliphatic carbocycles. The predicted octanol–water partition coefficient (Wildman–Crippen LogP) is 1.58. The SMILES string of the molecule is O=C(O)c1nc2c(=O)[nH]c3cc(Cl)cc(Cl)c3n2n1. The zero-order valence-corrected chi connectivity index (χ0v) is 10.5. The first kappa shape index (κ1) is 11.9. The van der Waals surface area contributed by atoms with Crippen LogP contribution in [0.5, 0.6) is 0 Å². The number of carboxylic acids is 1. The number of aromatic amines is 1. The third-order valence-corrected chi connectivity index (χ3v) is 3.00. The Bertz CT molecular complexity index is 899. The van der Waals surface area contributed by atoms with Crippen molar-refractivity contribution >= 4 is 45.9 Å². The van der Waals surface area contributed by atoms with E-state index in [0.29, 0.717) is 16.1 Å². The minimum Gasteiger partial charge on any atom is -0.475 e. The van der Waals surface area contributed by atoms with Crippen molar-refractivity contribution in [1.82, 2.24) is 19.6 Å². The molecule has 0 unspecified atom stereocenters. The van der Waals surface area contributed by atoms with Crippen molar-refractivity contribution in [3.05, 3.63) is 38.4 Å². The van der Waals surface area contributed by atoms with E-state index in [4.69, 9.17) is 28.3 Å². The smallest absolute Gasteiger partial charge is 0.375 e. The number of halogens is 2. The van der Waals surface area contributed by atoms with E-state index in [9.17, 15) is 9.59 Å². The Labute approximate surface area is 114 Å². The maximum atomic E-state index is 11.8. The normalized spacial score (nSPS) is 11.3. The summed E-state index contributed by atoms with van der Waals surface area (Å²) in [7, 11) is 0. The molecule has 0 spiro atoms. The van der Waals surface area contributed by atoms with E-state index in [-0.39, 0.29) is 10.7 Å². The van der Waals surface area contributed by atoms with Crippen molar-refractivity contribution in [2.45, 2.75) is 0 Å². The number of aromatic carboxylic acids is 1. The third-order valence-electron chi connectivity index (χ3n) is 2.49. The Morgan fingerprint density at radius 3 is 2.79 bits per heavy atom. The largest absolute Gasteiger partial charge is 0.475 e. The van der Waals surface area contributed by atoms with Crippen LogP contribution in [-0.2, 0) is 0 Å². The lowest BCUT2D eigenvalue weighted by molar-refractivity contribution is 0.0684. The first-order valence-corrected chi connectivity index (χ1v) is 5.74. The highest BCUT2D eigenvalue weighted by Crippen LogP contribution is 2.25. The molecule has 0 aliphatic heterocycles. The second kappa shape index (κ2) is 3.94. The van der Waals surface area contributed by atoms with Gasteiger partial charge in [-0.3, -0.25) is 4.79 Å². The average Bonchev–Trinajstić information content (AvgIpc) is 2.73. The van der Waals surface area contributed by atoms with Crippen LogP contribution in [0.1, 0.15) is 10.6 Å². The summed E-state index contributed by atoms with van der Waals surface area (Å²) >= 11 is 11.9. The molecule has 0 amide bonds. The molecule has 0 bridgehead atoms. The Morgan fingerprint density at radius 1 is 1.37 bits per heavy atom. The molecular weight excluding hydrogens is 295 g/mol. The second-order valence-corrected chi connectivity index (χ2v) is 4.56. The Balaban J connectivity index is 2.58. The van der Waals surface area contributed by atoms with Crippen LogP contribution < -0.4 is 5.56 Å². The summed E-state index contributed by atoms with van der Waals surface area (Å²) in [6, 6.07) is 2.96. The minimum absolute atomic E-state index is 0.144. The molecule has 3 rings (SSSR count). The Morgan fingerprint density at radius 2 is 2.11 bits per heavy atom. The number of hydrogen-bond acceptors (Lipinski definition) is 4. The number of nitrogens with zero attached hydrogens (tertiary/aromatic N) is 3. The Kier molecular flexibility index (Phi) is 2.48. The van der Waals surface area contributed by atoms with Crippen molar-refractivity contribution in [3.8, 4) is 0 Å². The average molecular weight is 299 g/mol. The lowest BCUT2D eigenvalue weighted by Crippen LogP contribution is -2.11. The van der Waals surface area contributed by atoms with Crippen molar-refractivity contribution in [2.75, 3.05) is 0 Å². The molecule has 9 heteroatoms. The predicted molar refractivity (Wildman–Crippen MR) is 68.1 cm³/mol. The van der Waals surface area contributed by atoms with E-state index in [1.54, 1.807) is 0 Å². The van der Waals surface area contributed by atoms with Crippen molar-refractivity contribution in [1.29, 1.82) is 0 Å². The summed E-state index contributed by atoms with van der Waals surface area (Å²) in [6.07, 6.45) is 0. The standard InChI is InChI=1S/C10H4Cl2N4O3/c11-3-1-4(12)6-5(2-3)13-9(17)8-14-7(10(18)19)15-16(6)8/h1-2H,(H,13,17)(H,18,19). The van der Waals surface area contributed by atoms with E-state index >= 15 is 0 Å². The molecule has 0 aliphatic rings. The summed E-state index contributed by atoms with van der Waals surface area (Å²) in [5, 5.41) is 13.2. The van der Waals surface area contributed by atoms with E-state index in [2.05, 4.69) is 15.1 Å². The van der Waals surface area contributed by atoms with E-state index in [1.165, 1.54) is 12.1 Å². The van der Waals surface area contributed by atoms with Gasteiger partial charge < -0.3 is 10.1 Å². The van der Waals surface area contributed by atoms with Gasteiger partial charge in [-0.25, -0.2) is 9.31 Å². The number of rotatable bonds is 1. The fourth-order valence-electron chi connectivity index (χ4n) is 1.76. The highest BCUT2D eigenvalue weighted by atomic mass is 35.5. The molecule has 0 saturated carbocycles. The zero-order chi connectivity index (χ0) is 13.7. The lowest BCUT2D eigenvalue weighted by Gasteiger charge is -2.03. The van der Waals surface area contributed by atoms with E-state index in [0.717, 1.165) is 4.52 Å². The molecule has 2 N–H and O–H groups in total. The molecular formula is C10H4Cl2N4O3. The number of carbonyl (C=O) groups is 1. The number of carboxylic acid groups (broad SMARTS) is 1. The van der Waals surface area contributed by atoms with Gasteiger partial charge in [0.1, 0.15) is 5.52 Å². The summed E-state index contributed by atoms with van der Waals surface area (Å²) in [4.78, 5) is 28.8. The van der Waals surface area contributed by atoms with Gasteiger partial charge in [-0.1, -0.05) is 23.2 Å². The first-order valence-electron chi connectivity index (χ1n) is 4.98. The van der Waals surface area contributed by atoms with Gasteiger partial charge in [0.2, 0.25) is 5.65 Å². The molecule has 2 aromatic heterocycles. The number of H-pyrrole nitrogens is 1. The van der Waals surface area contributed by atoms with Gasteiger partial charge in [0.25, 0.3) is 11.4 Å². The summed E-state index contributed by atoms with van der Waals surface area (Å²) < 4.78 is 1.09. The van der Waals surface area contributed by atoms with Crippen LogP contribution in [0.25, 0.3) is 16.7 Å². The molecule has 19 heavy (non-hydrogen) atoms. The van der Waals surface area contributed by atoms with Gasteiger partial charge in [0.15, 0.2) is 0 Å². The van der Waals surface area contributed by atoms with Gasteiger partial charge in [-0.15, -0.1) is 5.10 Å².